The summed E-state index contributed by atoms with van der Waals surface area (Å²) in [4.78, 5) is 60.1. The zero-order valence-corrected chi connectivity index (χ0v) is 36.6. The predicted octanol–water partition coefficient (Wildman–Crippen LogP) is 8.91. The first kappa shape index (κ1) is 42.5. The van der Waals surface area contributed by atoms with Gasteiger partial charge < -0.3 is 24.4 Å². The number of hydrogen-bond donors (Lipinski definition) is 2. The number of fused-ring (bicyclic) bond motifs is 2. The number of rotatable bonds is 13. The summed E-state index contributed by atoms with van der Waals surface area (Å²) in [6.45, 7) is 2.35. The summed E-state index contributed by atoms with van der Waals surface area (Å²) in [5.74, 6) is -0.372. The molecule has 4 aliphatic rings. The molecule has 3 heterocycles. The molecule has 5 aromatic rings. The number of benzene rings is 5. The molecule has 1 aliphatic carbocycles. The summed E-state index contributed by atoms with van der Waals surface area (Å²) < 4.78 is 26.3. The van der Waals surface area contributed by atoms with E-state index in [1.165, 1.54) is 5.56 Å². The topological polar surface area (TPSA) is 134 Å². The molecule has 0 bridgehead atoms. The van der Waals surface area contributed by atoms with E-state index < -0.39 is 31.6 Å². The van der Waals surface area contributed by atoms with Crippen LogP contribution >= 0.6 is 7.52 Å². The van der Waals surface area contributed by atoms with E-state index in [9.17, 15) is 23.7 Å². The molecule has 3 saturated heterocycles. The van der Waals surface area contributed by atoms with Gasteiger partial charge in [0.2, 0.25) is 11.8 Å². The third kappa shape index (κ3) is 9.46. The van der Waals surface area contributed by atoms with Crippen LogP contribution in [0.5, 0.6) is 5.75 Å². The Kier molecular flexibility index (Phi) is 12.2. The Bertz CT molecular complexity index is 2520. The molecule has 0 aromatic heterocycles. The molecule has 3 amide bonds. The number of amides is 3. The molecule has 12 heteroatoms. The molecule has 2 N–H and O–H groups in total. The first-order valence-corrected chi connectivity index (χ1v) is 24.2. The van der Waals surface area contributed by atoms with Gasteiger partial charge in [-0.3, -0.25) is 23.7 Å². The molecule has 3 aliphatic heterocycles. The quantitative estimate of drug-likeness (QED) is 0.0886. The Morgan fingerprint density at radius 3 is 2.24 bits per heavy atom. The van der Waals surface area contributed by atoms with E-state index in [1.54, 1.807) is 43.3 Å². The molecule has 326 valence electrons. The lowest BCUT2D eigenvalue weighted by molar-refractivity contribution is -0.148. The molecule has 5 aromatic carbocycles. The maximum absolute atomic E-state index is 14.6. The summed E-state index contributed by atoms with van der Waals surface area (Å²) >= 11 is 0. The van der Waals surface area contributed by atoms with Crippen molar-refractivity contribution in [1.82, 2.24) is 20.2 Å². The second-order valence-electron chi connectivity index (χ2n) is 17.9. The fraction of sp³-hybridized carbons (Fsp3) is 0.373. The third-order valence-electron chi connectivity index (χ3n) is 13.4. The van der Waals surface area contributed by atoms with Crippen LogP contribution in [0.2, 0.25) is 0 Å². The highest BCUT2D eigenvalue weighted by molar-refractivity contribution is 7.56. The number of hydrogen-bond acceptors (Lipinski definition) is 7. The predicted molar refractivity (Wildman–Crippen MR) is 242 cm³/mol. The average molecular weight is 867 g/mol. The Morgan fingerprint density at radius 1 is 0.794 bits per heavy atom. The molecule has 2 unspecified atom stereocenters. The van der Waals surface area contributed by atoms with Crippen LogP contribution in [-0.4, -0.2) is 69.7 Å². The van der Waals surface area contributed by atoms with E-state index in [2.05, 4.69) is 39.6 Å². The van der Waals surface area contributed by atoms with Crippen molar-refractivity contribution < 1.29 is 33.0 Å². The van der Waals surface area contributed by atoms with E-state index in [0.29, 0.717) is 36.3 Å². The lowest BCUT2D eigenvalue weighted by Gasteiger charge is -2.37. The zero-order chi connectivity index (χ0) is 43.6. The molecule has 1 saturated carbocycles. The van der Waals surface area contributed by atoms with Gasteiger partial charge in [0.1, 0.15) is 30.5 Å². The van der Waals surface area contributed by atoms with Crippen LogP contribution in [0.3, 0.4) is 0 Å². The first-order valence-electron chi connectivity index (χ1n) is 22.4. The summed E-state index contributed by atoms with van der Waals surface area (Å²) in [6, 6.07) is 37.4. The van der Waals surface area contributed by atoms with Crippen LogP contribution < -0.4 is 14.9 Å². The van der Waals surface area contributed by atoms with Gasteiger partial charge in [0.05, 0.1) is 6.16 Å². The van der Waals surface area contributed by atoms with Gasteiger partial charge in [-0.25, -0.2) is 5.09 Å². The number of nitrogens with one attached hydrogen (secondary N) is 2. The molecular weight excluding hydrogens is 812 g/mol. The van der Waals surface area contributed by atoms with Crippen LogP contribution in [-0.2, 0) is 36.5 Å². The number of carbonyl (C=O) groups excluding carboxylic acids is 4. The van der Waals surface area contributed by atoms with Gasteiger partial charge in [-0.2, -0.15) is 0 Å². The van der Waals surface area contributed by atoms with Crippen molar-refractivity contribution in [2.24, 2.45) is 0 Å². The second kappa shape index (κ2) is 18.1. The van der Waals surface area contributed by atoms with Crippen molar-refractivity contribution >= 4 is 42.0 Å². The fourth-order valence-corrected chi connectivity index (χ4v) is 12.0. The van der Waals surface area contributed by atoms with Crippen molar-refractivity contribution in [3.05, 3.63) is 150 Å². The van der Waals surface area contributed by atoms with Gasteiger partial charge >= 0.3 is 13.5 Å². The summed E-state index contributed by atoms with van der Waals surface area (Å²) in [7, 11) is -3.77. The van der Waals surface area contributed by atoms with Crippen LogP contribution in [0.4, 0.5) is 0 Å². The maximum Gasteiger partial charge on any atom is 0.323 e. The van der Waals surface area contributed by atoms with E-state index in [4.69, 9.17) is 9.26 Å². The van der Waals surface area contributed by atoms with Crippen LogP contribution in [0.15, 0.2) is 127 Å². The Balaban J connectivity index is 0.894. The van der Waals surface area contributed by atoms with E-state index >= 15 is 0 Å². The molecule has 4 fully saturated rings. The first-order chi connectivity index (χ1) is 30.6. The second-order valence-corrected chi connectivity index (χ2v) is 20.0. The number of ether oxygens (including phenoxy) is 1. The highest BCUT2D eigenvalue weighted by Crippen LogP contribution is 2.55. The van der Waals surface area contributed by atoms with E-state index in [0.717, 1.165) is 61.3 Å². The monoisotopic (exact) mass is 866 g/mol. The fourth-order valence-electron chi connectivity index (χ4n) is 10.0. The smallest absolute Gasteiger partial charge is 0.323 e. The van der Waals surface area contributed by atoms with Gasteiger partial charge in [0.25, 0.3) is 5.91 Å². The molecule has 11 nitrogen and oxygen atoms in total. The Labute approximate surface area is 369 Å². The van der Waals surface area contributed by atoms with Gasteiger partial charge in [-0.15, -0.1) is 0 Å². The van der Waals surface area contributed by atoms with Gasteiger partial charge in [0, 0.05) is 29.6 Å². The van der Waals surface area contributed by atoms with Crippen molar-refractivity contribution in [3.8, 4) is 5.75 Å². The average Bonchev–Trinajstić information content (AvgIpc) is 3.79. The number of esters is 1. The van der Waals surface area contributed by atoms with E-state index in [1.807, 2.05) is 71.6 Å². The Hall–Kier alpha value is -5.77. The summed E-state index contributed by atoms with van der Waals surface area (Å²) in [5, 5.41) is 7.64. The van der Waals surface area contributed by atoms with E-state index in [-0.39, 0.29) is 48.0 Å². The van der Waals surface area contributed by atoms with Crippen LogP contribution in [0, 0.1) is 0 Å². The van der Waals surface area contributed by atoms with Gasteiger partial charge in [-0.1, -0.05) is 116 Å². The van der Waals surface area contributed by atoms with Gasteiger partial charge in [-0.05, 0) is 104 Å². The highest BCUT2D eigenvalue weighted by atomic mass is 31.2. The van der Waals surface area contributed by atoms with Crippen molar-refractivity contribution in [2.75, 3.05) is 6.54 Å². The number of para-hydroxylation sites is 1. The normalized spacial score (nSPS) is 23.0. The highest BCUT2D eigenvalue weighted by Gasteiger charge is 2.58. The van der Waals surface area contributed by atoms with Crippen LogP contribution in [0.25, 0.3) is 10.8 Å². The summed E-state index contributed by atoms with van der Waals surface area (Å²) in [5.41, 5.74) is 3.04. The molecule has 6 atom stereocenters. The van der Waals surface area contributed by atoms with Gasteiger partial charge in [0.15, 0.2) is 0 Å². The molecule has 0 radical (unpaired) electrons. The number of nitrogens with zero attached hydrogens (tertiary/aromatic N) is 2. The summed E-state index contributed by atoms with van der Waals surface area (Å²) in [6.07, 6.45) is 7.42. The standard InChI is InChI=1S/C51H55N4O7P/c1-35(50(59)61-33-36-13-5-2-6-14-36)53-63(60,62-44-18-9-4-10-19-44)34-37-21-22-39-23-24-40(30-41(39)29-37)47(56)52-45-20-12-11-17-43-25-26-46(55(43)48(45)57)49(58)54-32-42(31-51(54)27-28-51)38-15-7-3-8-16-38/h2-10,13-16,18-19,21-24,29-30,35,42-43,45-46H,11-12,17,20,25-28,31-34H2,1H3,(H,52,56)(H,53,60)/t35-,42?,43-,45-,46-,63?/m0/s1. The maximum atomic E-state index is 14.6. The molecule has 9 rings (SSSR count). The molecule has 63 heavy (non-hydrogen) atoms. The van der Waals surface area contributed by atoms with Crippen molar-refractivity contribution in [3.63, 3.8) is 0 Å². The Morgan fingerprint density at radius 2 is 1.49 bits per heavy atom. The minimum atomic E-state index is -3.77. The van der Waals surface area contributed by atoms with Crippen LogP contribution in [0.1, 0.15) is 97.7 Å². The molecular formula is C51H55N4O7P. The lowest BCUT2D eigenvalue weighted by Crippen LogP contribution is -2.57. The molecule has 1 spiro atoms. The zero-order valence-electron chi connectivity index (χ0n) is 35.7. The SMILES string of the molecule is C[C@H](NP(=O)(Cc1ccc2ccc(C(=O)N[C@H]3CCCC[C@H]4CC[C@@H](C(=O)N5CC(c6ccccc6)CC56CC6)N4C3=O)cc2c1)Oc1ccccc1)C(=O)OCc1ccccc1. The number of likely N-dealkylation sites (tertiary alicyclic amines) is 1. The number of carbonyl (C=O) groups is 4. The van der Waals surface area contributed by atoms with Crippen molar-refractivity contribution in [2.45, 2.75) is 113 Å². The van der Waals surface area contributed by atoms with Crippen molar-refractivity contribution in [1.29, 1.82) is 0 Å². The largest absolute Gasteiger partial charge is 0.460 e. The minimum Gasteiger partial charge on any atom is -0.460 e. The minimum absolute atomic E-state index is 0.0211. The third-order valence-corrected chi connectivity index (χ3v) is 15.5. The lowest BCUT2D eigenvalue weighted by atomic mass is 9.96.